The molecule has 4 heteroatoms. The van der Waals surface area contributed by atoms with Gasteiger partial charge >= 0.3 is 0 Å². The highest BCUT2D eigenvalue weighted by Gasteiger charge is 2.26. The van der Waals surface area contributed by atoms with E-state index in [1.807, 2.05) is 0 Å². The second kappa shape index (κ2) is 8.12. The van der Waals surface area contributed by atoms with Gasteiger partial charge in [-0.3, -0.25) is 9.88 Å². The van der Waals surface area contributed by atoms with Crippen molar-refractivity contribution in [2.24, 2.45) is 5.92 Å². The molecule has 0 radical (unpaired) electrons. The highest BCUT2D eigenvalue weighted by Crippen LogP contribution is 2.35. The first kappa shape index (κ1) is 19.3. The molecule has 1 fully saturated rings. The molecule has 0 N–H and O–H groups in total. The molecule has 0 aliphatic carbocycles. The molecule has 0 amide bonds. The summed E-state index contributed by atoms with van der Waals surface area (Å²) < 4.78 is 5.93. The molecular weight excluding hydrogens is 346 g/mol. The minimum absolute atomic E-state index is 0.421. The van der Waals surface area contributed by atoms with E-state index in [0.29, 0.717) is 6.04 Å². The molecule has 3 heterocycles. The number of pyridine rings is 1. The van der Waals surface area contributed by atoms with Gasteiger partial charge in [0.25, 0.3) is 0 Å². The third kappa shape index (κ3) is 4.17. The van der Waals surface area contributed by atoms with Crippen LogP contribution in [-0.4, -0.2) is 43.2 Å². The molecule has 1 aromatic carbocycles. The average molecular weight is 380 g/mol. The molecule has 2 aliphatic heterocycles. The van der Waals surface area contributed by atoms with Gasteiger partial charge in [-0.05, 0) is 87.9 Å². The zero-order valence-electron chi connectivity index (χ0n) is 17.7. The second-order valence-corrected chi connectivity index (χ2v) is 8.64. The Hall–Kier alpha value is -2.07. The number of rotatable bonds is 4. The zero-order valence-corrected chi connectivity index (χ0v) is 17.7. The van der Waals surface area contributed by atoms with Crippen LogP contribution in [0.3, 0.4) is 0 Å². The predicted octanol–water partition coefficient (Wildman–Crippen LogP) is 4.54. The summed E-state index contributed by atoms with van der Waals surface area (Å²) in [4.78, 5) is 9.46. The monoisotopic (exact) mass is 379 g/mol. The van der Waals surface area contributed by atoms with Gasteiger partial charge in [0.2, 0.25) is 0 Å². The topological polar surface area (TPSA) is 28.6 Å². The quantitative estimate of drug-likeness (QED) is 0.780. The number of anilines is 1. The normalized spacial score (nSPS) is 21.1. The molecule has 0 bridgehead atoms. The van der Waals surface area contributed by atoms with Gasteiger partial charge in [0, 0.05) is 31.0 Å². The van der Waals surface area contributed by atoms with Gasteiger partial charge in [-0.2, -0.15) is 0 Å². The SMILES string of the molecule is Cc1cc(CC2CCCN(C(C)c3ccc4c(c3)OCCN4C)C2)cc(C)n1. The fourth-order valence-corrected chi connectivity index (χ4v) is 4.83. The van der Waals surface area contributed by atoms with E-state index in [2.05, 4.69) is 72.9 Å². The van der Waals surface area contributed by atoms with Crippen molar-refractivity contribution >= 4 is 5.69 Å². The number of aromatic nitrogens is 1. The minimum Gasteiger partial charge on any atom is -0.490 e. The molecule has 2 aromatic rings. The summed E-state index contributed by atoms with van der Waals surface area (Å²) in [6, 6.07) is 11.7. The highest BCUT2D eigenvalue weighted by molar-refractivity contribution is 5.60. The first-order valence-corrected chi connectivity index (χ1v) is 10.7. The van der Waals surface area contributed by atoms with E-state index in [4.69, 9.17) is 4.74 Å². The molecule has 4 nitrogen and oxygen atoms in total. The number of fused-ring (bicyclic) bond motifs is 1. The Balaban J connectivity index is 1.45. The summed E-state index contributed by atoms with van der Waals surface area (Å²) in [5.41, 5.74) is 6.28. The zero-order chi connectivity index (χ0) is 19.7. The van der Waals surface area contributed by atoms with Crippen LogP contribution >= 0.6 is 0 Å². The summed E-state index contributed by atoms with van der Waals surface area (Å²) in [5.74, 6) is 1.76. The maximum Gasteiger partial charge on any atom is 0.143 e. The Kier molecular flexibility index (Phi) is 5.58. The molecule has 2 atom stereocenters. The van der Waals surface area contributed by atoms with E-state index in [0.717, 1.165) is 42.6 Å². The van der Waals surface area contributed by atoms with Crippen molar-refractivity contribution in [2.75, 3.05) is 38.2 Å². The smallest absolute Gasteiger partial charge is 0.143 e. The first-order chi connectivity index (χ1) is 13.5. The van der Waals surface area contributed by atoms with Gasteiger partial charge in [-0.25, -0.2) is 0 Å². The third-order valence-electron chi connectivity index (χ3n) is 6.33. The van der Waals surface area contributed by atoms with Crippen LogP contribution in [0.5, 0.6) is 5.75 Å². The van der Waals surface area contributed by atoms with Crippen LogP contribution < -0.4 is 9.64 Å². The number of hydrogen-bond acceptors (Lipinski definition) is 4. The van der Waals surface area contributed by atoms with Gasteiger partial charge in [-0.15, -0.1) is 0 Å². The van der Waals surface area contributed by atoms with Crippen LogP contribution in [0, 0.1) is 19.8 Å². The number of ether oxygens (including phenoxy) is 1. The number of likely N-dealkylation sites (N-methyl/N-ethyl adjacent to an activating group) is 1. The molecule has 0 saturated carbocycles. The van der Waals surface area contributed by atoms with Crippen molar-refractivity contribution in [3.8, 4) is 5.75 Å². The van der Waals surface area contributed by atoms with Crippen LogP contribution in [-0.2, 0) is 6.42 Å². The number of benzene rings is 1. The Morgan fingerprint density at radius 1 is 1.14 bits per heavy atom. The molecule has 1 aromatic heterocycles. The van der Waals surface area contributed by atoms with E-state index in [1.54, 1.807) is 0 Å². The molecule has 2 unspecified atom stereocenters. The van der Waals surface area contributed by atoms with Gasteiger partial charge in [-0.1, -0.05) is 6.07 Å². The van der Waals surface area contributed by atoms with Crippen molar-refractivity contribution in [3.05, 3.63) is 52.8 Å². The molecule has 4 rings (SSSR count). The lowest BCUT2D eigenvalue weighted by atomic mass is 9.89. The lowest BCUT2D eigenvalue weighted by molar-refractivity contribution is 0.131. The predicted molar refractivity (Wildman–Crippen MR) is 115 cm³/mol. The summed E-state index contributed by atoms with van der Waals surface area (Å²) in [6.07, 6.45) is 3.76. The van der Waals surface area contributed by atoms with Gasteiger partial charge in [0.15, 0.2) is 0 Å². The fourth-order valence-electron chi connectivity index (χ4n) is 4.83. The van der Waals surface area contributed by atoms with Gasteiger partial charge in [0.1, 0.15) is 12.4 Å². The first-order valence-electron chi connectivity index (χ1n) is 10.7. The molecule has 28 heavy (non-hydrogen) atoms. The summed E-state index contributed by atoms with van der Waals surface area (Å²) >= 11 is 0. The van der Waals surface area contributed by atoms with Crippen molar-refractivity contribution in [1.29, 1.82) is 0 Å². The van der Waals surface area contributed by atoms with Crippen molar-refractivity contribution in [2.45, 2.75) is 46.1 Å². The molecule has 2 aliphatic rings. The van der Waals surface area contributed by atoms with Gasteiger partial charge in [0.05, 0.1) is 12.2 Å². The van der Waals surface area contributed by atoms with E-state index < -0.39 is 0 Å². The van der Waals surface area contributed by atoms with Crippen LogP contribution in [0.25, 0.3) is 0 Å². The number of aryl methyl sites for hydroxylation is 2. The number of piperidine rings is 1. The van der Waals surface area contributed by atoms with E-state index >= 15 is 0 Å². The molecular formula is C24H33N3O. The van der Waals surface area contributed by atoms with Crippen LogP contribution in [0.15, 0.2) is 30.3 Å². The summed E-state index contributed by atoms with van der Waals surface area (Å²) in [5, 5.41) is 0. The molecule has 1 saturated heterocycles. The fraction of sp³-hybridized carbons (Fsp3) is 0.542. The standard InChI is InChI=1S/C24H33N3O/c1-17-12-21(13-18(2)25-17)14-20-6-5-9-27(16-20)19(3)22-7-8-23-24(15-22)28-11-10-26(23)4/h7-8,12-13,15,19-20H,5-6,9-11,14,16H2,1-4H3. The van der Waals surface area contributed by atoms with Crippen LogP contribution in [0.4, 0.5) is 5.69 Å². The van der Waals surface area contributed by atoms with Crippen molar-refractivity contribution in [1.82, 2.24) is 9.88 Å². The largest absolute Gasteiger partial charge is 0.490 e. The Morgan fingerprint density at radius 3 is 2.71 bits per heavy atom. The van der Waals surface area contributed by atoms with E-state index in [-0.39, 0.29) is 0 Å². The summed E-state index contributed by atoms with van der Waals surface area (Å²) in [6.45, 7) is 10.6. The molecule has 0 spiro atoms. The third-order valence-corrected chi connectivity index (χ3v) is 6.33. The summed E-state index contributed by atoms with van der Waals surface area (Å²) in [7, 11) is 2.14. The maximum atomic E-state index is 5.93. The van der Waals surface area contributed by atoms with Crippen molar-refractivity contribution in [3.63, 3.8) is 0 Å². The van der Waals surface area contributed by atoms with Gasteiger partial charge < -0.3 is 9.64 Å². The number of hydrogen-bond donors (Lipinski definition) is 0. The lowest BCUT2D eigenvalue weighted by Crippen LogP contribution is -2.38. The van der Waals surface area contributed by atoms with E-state index in [9.17, 15) is 0 Å². The van der Waals surface area contributed by atoms with Crippen LogP contribution in [0.2, 0.25) is 0 Å². The van der Waals surface area contributed by atoms with Crippen molar-refractivity contribution < 1.29 is 4.74 Å². The Morgan fingerprint density at radius 2 is 1.93 bits per heavy atom. The second-order valence-electron chi connectivity index (χ2n) is 8.64. The minimum atomic E-state index is 0.421. The molecule has 150 valence electrons. The number of likely N-dealkylation sites (tertiary alicyclic amines) is 1. The lowest BCUT2D eigenvalue weighted by Gasteiger charge is -2.37. The van der Waals surface area contributed by atoms with Crippen LogP contribution in [0.1, 0.15) is 48.3 Å². The average Bonchev–Trinajstić information content (AvgIpc) is 2.67. The highest BCUT2D eigenvalue weighted by atomic mass is 16.5. The Bertz CT molecular complexity index is 814. The number of nitrogens with zero attached hydrogens (tertiary/aromatic N) is 3. The Labute approximate surface area is 169 Å². The maximum absolute atomic E-state index is 5.93. The van der Waals surface area contributed by atoms with E-state index in [1.165, 1.54) is 42.7 Å².